The average Bonchev–Trinajstić information content (AvgIpc) is 3.45. The van der Waals surface area contributed by atoms with Crippen LogP contribution in [0.4, 0.5) is 15.8 Å². The topological polar surface area (TPSA) is 66.5 Å². The summed E-state index contributed by atoms with van der Waals surface area (Å²) in [5.41, 5.74) is 3.33. The molecule has 6 heteroatoms. The third-order valence-electron chi connectivity index (χ3n) is 8.62. The predicted octanol–water partition coefficient (Wildman–Crippen LogP) is 6.07. The number of hydrogen-bond acceptors (Lipinski definition) is 4. The van der Waals surface area contributed by atoms with Gasteiger partial charge in [-0.15, -0.1) is 0 Å². The van der Waals surface area contributed by atoms with Crippen LogP contribution in [0, 0.1) is 11.7 Å². The Hall–Kier alpha value is -4.84. The summed E-state index contributed by atoms with van der Waals surface area (Å²) in [4.78, 5) is 45.5. The summed E-state index contributed by atoms with van der Waals surface area (Å²) in [5.74, 6) is -2.50. The molecule has 0 aromatic heterocycles. The lowest BCUT2D eigenvalue weighted by molar-refractivity contribution is -0.121. The van der Waals surface area contributed by atoms with Gasteiger partial charge in [-0.05, 0) is 54.5 Å². The number of para-hydroxylation sites is 2. The monoisotopic (exact) mass is 528 g/mol. The van der Waals surface area contributed by atoms with Gasteiger partial charge < -0.3 is 10.2 Å². The Balaban J connectivity index is 1.56. The van der Waals surface area contributed by atoms with E-state index in [1.54, 1.807) is 24.3 Å². The van der Waals surface area contributed by atoms with Crippen LogP contribution in [-0.4, -0.2) is 29.6 Å². The maximum atomic E-state index is 14.7. The second-order valence-corrected chi connectivity index (χ2v) is 10.6. The van der Waals surface area contributed by atoms with Gasteiger partial charge in [0.25, 0.3) is 0 Å². The smallest absolute Gasteiger partial charge is 0.238 e. The van der Waals surface area contributed by atoms with Crippen molar-refractivity contribution in [2.24, 2.45) is 5.92 Å². The zero-order valence-corrected chi connectivity index (χ0v) is 21.7. The maximum Gasteiger partial charge on any atom is 0.238 e. The highest BCUT2D eigenvalue weighted by atomic mass is 19.1. The molecule has 5 nitrogen and oxygen atoms in total. The van der Waals surface area contributed by atoms with Crippen molar-refractivity contribution in [3.63, 3.8) is 0 Å². The van der Waals surface area contributed by atoms with Gasteiger partial charge in [-0.2, -0.15) is 0 Å². The minimum Gasteiger partial charge on any atom is -0.352 e. The van der Waals surface area contributed by atoms with E-state index in [0.717, 1.165) is 16.8 Å². The van der Waals surface area contributed by atoms with E-state index in [2.05, 4.69) is 5.32 Å². The van der Waals surface area contributed by atoms with Gasteiger partial charge in [0, 0.05) is 28.1 Å². The number of halogens is 1. The first-order valence-corrected chi connectivity index (χ1v) is 13.3. The van der Waals surface area contributed by atoms with E-state index in [4.69, 9.17) is 0 Å². The van der Waals surface area contributed by atoms with E-state index in [1.165, 1.54) is 24.3 Å². The fourth-order valence-corrected chi connectivity index (χ4v) is 6.95. The number of nitrogens with one attached hydrogen (secondary N) is 1. The molecule has 1 saturated heterocycles. The molecular weight excluding hydrogens is 503 g/mol. The van der Waals surface area contributed by atoms with Gasteiger partial charge in [0.15, 0.2) is 11.6 Å². The summed E-state index contributed by atoms with van der Waals surface area (Å²) >= 11 is 0. The fraction of sp³-hybridized carbons (Fsp3) is 0.147. The number of rotatable bonds is 4. The summed E-state index contributed by atoms with van der Waals surface area (Å²) in [7, 11) is 0. The molecule has 7 rings (SSSR count). The van der Waals surface area contributed by atoms with Crippen molar-refractivity contribution in [1.82, 2.24) is 0 Å². The van der Waals surface area contributed by atoms with Crippen LogP contribution in [-0.2, 0) is 10.2 Å². The Kier molecular flexibility index (Phi) is 5.36. The van der Waals surface area contributed by atoms with Crippen LogP contribution < -0.4 is 10.2 Å². The average molecular weight is 529 g/mol. The van der Waals surface area contributed by atoms with Crippen molar-refractivity contribution in [3.8, 4) is 0 Å². The molecule has 1 N–H and O–H groups in total. The molecule has 4 atom stereocenters. The van der Waals surface area contributed by atoms with Gasteiger partial charge in [0.1, 0.15) is 17.3 Å². The zero-order valence-electron chi connectivity index (χ0n) is 21.7. The molecule has 40 heavy (non-hydrogen) atoms. The summed E-state index contributed by atoms with van der Waals surface area (Å²) in [6, 6.07) is 27.8. The Morgan fingerprint density at radius 3 is 2.23 bits per heavy atom. The van der Waals surface area contributed by atoms with Crippen LogP contribution in [0.15, 0.2) is 109 Å². The van der Waals surface area contributed by atoms with E-state index in [1.807, 2.05) is 72.5 Å². The highest BCUT2D eigenvalue weighted by Gasteiger charge is 2.70. The molecule has 0 unspecified atom stereocenters. The maximum absolute atomic E-state index is 14.7. The number of benzene rings is 4. The standard InChI is InChI=1S/C34H25FN2O3/c1-20-19-28-34(25-12-6-7-13-26(25)36-33(34)40)29(31(38)22-15-17-23(35)18-16-22)30(32(39)21-9-3-2-4-10-21)37(28)27-14-8-5-11-24(20)27/h2-19,28-30H,1H3,(H,36,40)/t28-,29+,30-,34-/m1/s1. The SMILES string of the molecule is CC1=C[C@H]2N(c3ccccc31)[C@@H](C(=O)c1ccccc1)[C@@H](C(=O)c1ccc(F)cc1)[C@]21C(=O)Nc2ccccc21. The van der Waals surface area contributed by atoms with Crippen molar-refractivity contribution >= 4 is 34.4 Å². The van der Waals surface area contributed by atoms with E-state index in [9.17, 15) is 18.8 Å². The minimum atomic E-state index is -1.40. The van der Waals surface area contributed by atoms with E-state index < -0.39 is 29.2 Å². The van der Waals surface area contributed by atoms with Crippen molar-refractivity contribution in [2.75, 3.05) is 10.2 Å². The summed E-state index contributed by atoms with van der Waals surface area (Å²) in [6.45, 7) is 1.99. The van der Waals surface area contributed by atoms with Crippen LogP contribution in [0.25, 0.3) is 5.57 Å². The number of Topliss-reactive ketones (excluding diaryl/α,β-unsaturated/α-hetero) is 2. The quantitative estimate of drug-likeness (QED) is 0.327. The number of anilines is 2. The molecular formula is C34H25FN2O3. The molecule has 4 aromatic rings. The van der Waals surface area contributed by atoms with Crippen LogP contribution >= 0.6 is 0 Å². The van der Waals surface area contributed by atoms with Gasteiger partial charge in [-0.3, -0.25) is 14.4 Å². The molecule has 1 spiro atoms. The first-order chi connectivity index (χ1) is 19.4. The van der Waals surface area contributed by atoms with Gasteiger partial charge in [-0.25, -0.2) is 4.39 Å². The second-order valence-electron chi connectivity index (χ2n) is 10.6. The lowest BCUT2D eigenvalue weighted by Gasteiger charge is -2.39. The number of hydrogen-bond donors (Lipinski definition) is 1. The largest absolute Gasteiger partial charge is 0.352 e. The molecule has 3 heterocycles. The normalized spacial score (nSPS) is 24.1. The van der Waals surface area contributed by atoms with Crippen molar-refractivity contribution < 1.29 is 18.8 Å². The van der Waals surface area contributed by atoms with Crippen molar-refractivity contribution in [3.05, 3.63) is 137 Å². The Bertz CT molecular complexity index is 1730. The second kappa shape index (κ2) is 8.85. The molecule has 1 fully saturated rings. The Labute approximate surface area is 231 Å². The lowest BCUT2D eigenvalue weighted by atomic mass is 9.64. The summed E-state index contributed by atoms with van der Waals surface area (Å²) in [5, 5.41) is 3.03. The van der Waals surface area contributed by atoms with Crippen LogP contribution in [0.3, 0.4) is 0 Å². The molecule has 4 aromatic carbocycles. The van der Waals surface area contributed by atoms with Crippen LogP contribution in [0.5, 0.6) is 0 Å². The lowest BCUT2D eigenvalue weighted by Crippen LogP contribution is -2.51. The molecule has 3 aliphatic heterocycles. The molecule has 0 bridgehead atoms. The minimum absolute atomic E-state index is 0.247. The van der Waals surface area contributed by atoms with E-state index >= 15 is 0 Å². The summed E-state index contributed by atoms with van der Waals surface area (Å²) < 4.78 is 13.9. The van der Waals surface area contributed by atoms with E-state index in [0.29, 0.717) is 16.8 Å². The Morgan fingerprint density at radius 1 is 0.800 bits per heavy atom. The third-order valence-corrected chi connectivity index (χ3v) is 8.62. The first kappa shape index (κ1) is 24.2. The number of ketones is 2. The first-order valence-electron chi connectivity index (χ1n) is 13.3. The van der Waals surface area contributed by atoms with Crippen LogP contribution in [0.1, 0.15) is 38.8 Å². The van der Waals surface area contributed by atoms with E-state index in [-0.39, 0.29) is 23.0 Å². The van der Waals surface area contributed by atoms with Crippen LogP contribution in [0.2, 0.25) is 0 Å². The molecule has 196 valence electrons. The number of nitrogens with zero attached hydrogens (tertiary/aromatic N) is 1. The Morgan fingerprint density at radius 2 is 1.45 bits per heavy atom. The van der Waals surface area contributed by atoms with Gasteiger partial charge in [-0.1, -0.05) is 72.8 Å². The number of fused-ring (bicyclic) bond motifs is 6. The number of carbonyl (C=O) groups excluding carboxylic acids is 3. The highest BCUT2D eigenvalue weighted by Crippen LogP contribution is 2.58. The molecule has 0 saturated carbocycles. The van der Waals surface area contributed by atoms with Crippen molar-refractivity contribution in [2.45, 2.75) is 24.4 Å². The molecule has 0 radical (unpaired) electrons. The molecule has 1 amide bonds. The van der Waals surface area contributed by atoms with Crippen molar-refractivity contribution in [1.29, 1.82) is 0 Å². The number of allylic oxidation sites excluding steroid dienone is 1. The molecule has 0 aliphatic carbocycles. The third kappa shape index (κ3) is 3.22. The van der Waals surface area contributed by atoms with Gasteiger partial charge in [0.2, 0.25) is 5.91 Å². The number of amides is 1. The number of carbonyl (C=O) groups is 3. The highest BCUT2D eigenvalue weighted by molar-refractivity contribution is 6.18. The molecule has 3 aliphatic rings. The summed E-state index contributed by atoms with van der Waals surface area (Å²) in [6.07, 6.45) is 2.02. The zero-order chi connectivity index (χ0) is 27.6. The predicted molar refractivity (Wildman–Crippen MR) is 152 cm³/mol. The fourth-order valence-electron chi connectivity index (χ4n) is 6.95. The van der Waals surface area contributed by atoms with Gasteiger partial charge in [0.05, 0.1) is 12.0 Å². The van der Waals surface area contributed by atoms with Gasteiger partial charge >= 0.3 is 0 Å².